The first-order chi connectivity index (χ1) is 9.97. The number of nitrogens with zero attached hydrogens (tertiary/aromatic N) is 2. The van der Waals surface area contributed by atoms with Gasteiger partial charge in [0, 0.05) is 19.7 Å². The van der Waals surface area contributed by atoms with Gasteiger partial charge in [0.05, 0.1) is 10.5 Å². The summed E-state index contributed by atoms with van der Waals surface area (Å²) < 4.78 is 0. The number of rotatable bonds is 3. The summed E-state index contributed by atoms with van der Waals surface area (Å²) in [6, 6.07) is 3.51. The number of nitro groups is 1. The van der Waals surface area contributed by atoms with Gasteiger partial charge in [-0.05, 0) is 18.9 Å². The van der Waals surface area contributed by atoms with E-state index in [2.05, 4.69) is 5.32 Å². The standard InChI is InChI=1S/C13H14ClN3O4/c1-15-12(18)10-6-3-7-16(10)13(19)8-4-2-5-9(11(8)14)17(20)21/h2,4-5,10H,3,6-7H2,1H3,(H,15,18). The van der Waals surface area contributed by atoms with E-state index in [-0.39, 0.29) is 22.2 Å². The molecule has 1 aromatic rings. The van der Waals surface area contributed by atoms with Gasteiger partial charge in [0.1, 0.15) is 11.1 Å². The summed E-state index contributed by atoms with van der Waals surface area (Å²) in [4.78, 5) is 35.9. The Morgan fingerprint density at radius 3 is 2.81 bits per heavy atom. The third kappa shape index (κ3) is 2.82. The summed E-state index contributed by atoms with van der Waals surface area (Å²) in [7, 11) is 1.50. The Labute approximate surface area is 126 Å². The lowest BCUT2D eigenvalue weighted by Gasteiger charge is -2.23. The van der Waals surface area contributed by atoms with Crippen molar-refractivity contribution in [3.63, 3.8) is 0 Å². The Kier molecular flexibility index (Phi) is 4.42. The lowest BCUT2D eigenvalue weighted by Crippen LogP contribution is -2.45. The second-order valence-electron chi connectivity index (χ2n) is 4.67. The van der Waals surface area contributed by atoms with Crippen LogP contribution in [-0.4, -0.2) is 41.3 Å². The first-order valence-electron chi connectivity index (χ1n) is 6.42. The van der Waals surface area contributed by atoms with Crippen LogP contribution >= 0.6 is 11.6 Å². The van der Waals surface area contributed by atoms with E-state index < -0.39 is 16.9 Å². The fourth-order valence-corrected chi connectivity index (χ4v) is 2.71. The fraction of sp³-hybridized carbons (Fsp3) is 0.385. The lowest BCUT2D eigenvalue weighted by atomic mass is 10.1. The second kappa shape index (κ2) is 6.09. The molecule has 112 valence electrons. The highest BCUT2D eigenvalue weighted by atomic mass is 35.5. The van der Waals surface area contributed by atoms with Crippen molar-refractivity contribution < 1.29 is 14.5 Å². The predicted octanol–water partition coefficient (Wildman–Crippen LogP) is 1.60. The van der Waals surface area contributed by atoms with Gasteiger partial charge in [0.25, 0.3) is 11.6 Å². The smallest absolute Gasteiger partial charge is 0.288 e. The fourth-order valence-electron chi connectivity index (χ4n) is 2.43. The Morgan fingerprint density at radius 2 is 2.19 bits per heavy atom. The van der Waals surface area contributed by atoms with Crippen LogP contribution in [0.4, 0.5) is 5.69 Å². The van der Waals surface area contributed by atoms with Crippen molar-refractivity contribution in [2.45, 2.75) is 18.9 Å². The van der Waals surface area contributed by atoms with Crippen LogP contribution in [0.15, 0.2) is 18.2 Å². The molecule has 1 heterocycles. The third-order valence-corrected chi connectivity index (χ3v) is 3.87. The molecule has 0 spiro atoms. The average Bonchev–Trinajstić information content (AvgIpc) is 2.95. The van der Waals surface area contributed by atoms with Crippen LogP contribution in [0.5, 0.6) is 0 Å². The molecule has 2 amide bonds. The van der Waals surface area contributed by atoms with Gasteiger partial charge in [-0.15, -0.1) is 0 Å². The summed E-state index contributed by atoms with van der Waals surface area (Å²) in [5.74, 6) is -0.711. The molecule has 21 heavy (non-hydrogen) atoms. The van der Waals surface area contributed by atoms with E-state index in [1.807, 2.05) is 0 Å². The molecule has 1 fully saturated rings. The van der Waals surface area contributed by atoms with Gasteiger partial charge < -0.3 is 10.2 Å². The van der Waals surface area contributed by atoms with Crippen LogP contribution in [0, 0.1) is 10.1 Å². The third-order valence-electron chi connectivity index (χ3n) is 3.47. The highest BCUT2D eigenvalue weighted by Gasteiger charge is 2.35. The van der Waals surface area contributed by atoms with Gasteiger partial charge in [0.2, 0.25) is 5.91 Å². The molecule has 2 rings (SSSR count). The average molecular weight is 312 g/mol. The molecule has 0 aliphatic carbocycles. The zero-order valence-electron chi connectivity index (χ0n) is 11.3. The highest BCUT2D eigenvalue weighted by molar-refractivity contribution is 6.35. The first-order valence-corrected chi connectivity index (χ1v) is 6.80. The number of nitro benzene ring substituents is 1. The first kappa shape index (κ1) is 15.2. The van der Waals surface area contributed by atoms with Gasteiger partial charge >= 0.3 is 0 Å². The minimum atomic E-state index is -0.640. The summed E-state index contributed by atoms with van der Waals surface area (Å²) in [6.07, 6.45) is 1.27. The van der Waals surface area contributed by atoms with Crippen LogP contribution in [0.3, 0.4) is 0 Å². The molecule has 1 saturated heterocycles. The van der Waals surface area contributed by atoms with Crippen molar-refractivity contribution in [3.8, 4) is 0 Å². The summed E-state index contributed by atoms with van der Waals surface area (Å²) in [5.41, 5.74) is -0.278. The van der Waals surface area contributed by atoms with Crippen molar-refractivity contribution in [1.82, 2.24) is 10.2 Å². The maximum atomic E-state index is 12.5. The molecule has 1 N–H and O–H groups in total. The number of hydrogen-bond acceptors (Lipinski definition) is 4. The van der Waals surface area contributed by atoms with Gasteiger partial charge in [0.15, 0.2) is 0 Å². The summed E-state index contributed by atoms with van der Waals surface area (Å²) >= 11 is 5.95. The molecule has 1 aliphatic rings. The largest absolute Gasteiger partial charge is 0.357 e. The van der Waals surface area contributed by atoms with E-state index in [0.717, 1.165) is 0 Å². The normalized spacial score (nSPS) is 17.6. The topological polar surface area (TPSA) is 92.6 Å². The number of carbonyl (C=O) groups excluding carboxylic acids is 2. The van der Waals surface area contributed by atoms with Crippen LogP contribution < -0.4 is 5.32 Å². The van der Waals surface area contributed by atoms with Crippen LogP contribution in [0.1, 0.15) is 23.2 Å². The van der Waals surface area contributed by atoms with E-state index >= 15 is 0 Å². The molecule has 1 unspecified atom stereocenters. The molecule has 0 bridgehead atoms. The van der Waals surface area contributed by atoms with Crippen LogP contribution in [0.2, 0.25) is 5.02 Å². The quantitative estimate of drug-likeness (QED) is 0.678. The van der Waals surface area contributed by atoms with Gasteiger partial charge in [-0.3, -0.25) is 19.7 Å². The Hall–Kier alpha value is -2.15. The van der Waals surface area contributed by atoms with Crippen LogP contribution in [0.25, 0.3) is 0 Å². The molecule has 1 aliphatic heterocycles. The number of hydrogen-bond donors (Lipinski definition) is 1. The monoisotopic (exact) mass is 311 g/mol. The number of amides is 2. The van der Waals surface area contributed by atoms with Crippen molar-refractivity contribution in [2.75, 3.05) is 13.6 Å². The maximum absolute atomic E-state index is 12.5. The SMILES string of the molecule is CNC(=O)C1CCCN1C(=O)c1cccc([N+](=O)[O-])c1Cl. The molecular weight excluding hydrogens is 298 g/mol. The van der Waals surface area contributed by atoms with E-state index in [9.17, 15) is 19.7 Å². The number of benzene rings is 1. The van der Waals surface area contributed by atoms with Gasteiger partial charge in [-0.1, -0.05) is 17.7 Å². The van der Waals surface area contributed by atoms with Gasteiger partial charge in [-0.25, -0.2) is 0 Å². The molecule has 8 heteroatoms. The zero-order valence-corrected chi connectivity index (χ0v) is 12.1. The van der Waals surface area contributed by atoms with Crippen molar-refractivity contribution >= 4 is 29.1 Å². The molecule has 0 aromatic heterocycles. The van der Waals surface area contributed by atoms with Gasteiger partial charge in [-0.2, -0.15) is 0 Å². The number of likely N-dealkylation sites (tertiary alicyclic amines) is 1. The molecule has 0 saturated carbocycles. The number of likely N-dealkylation sites (N-methyl/N-ethyl adjacent to an activating group) is 1. The van der Waals surface area contributed by atoms with E-state index in [0.29, 0.717) is 19.4 Å². The van der Waals surface area contributed by atoms with E-state index in [1.165, 1.54) is 30.1 Å². The molecule has 1 aromatic carbocycles. The van der Waals surface area contributed by atoms with Crippen molar-refractivity contribution in [3.05, 3.63) is 38.9 Å². The number of nitrogens with one attached hydrogen (secondary N) is 1. The minimum absolute atomic E-state index is 0.0432. The van der Waals surface area contributed by atoms with E-state index in [4.69, 9.17) is 11.6 Å². The lowest BCUT2D eigenvalue weighted by molar-refractivity contribution is -0.384. The Morgan fingerprint density at radius 1 is 1.48 bits per heavy atom. The van der Waals surface area contributed by atoms with Crippen LogP contribution in [-0.2, 0) is 4.79 Å². The summed E-state index contributed by atoms with van der Waals surface area (Å²) in [5, 5.41) is 13.2. The molecule has 7 nitrogen and oxygen atoms in total. The number of halogens is 1. The molecule has 1 atom stereocenters. The Balaban J connectivity index is 2.34. The highest BCUT2D eigenvalue weighted by Crippen LogP contribution is 2.30. The number of carbonyl (C=O) groups is 2. The maximum Gasteiger partial charge on any atom is 0.288 e. The predicted molar refractivity (Wildman–Crippen MR) is 76.2 cm³/mol. The summed E-state index contributed by atoms with van der Waals surface area (Å²) in [6.45, 7) is 0.427. The van der Waals surface area contributed by atoms with E-state index in [1.54, 1.807) is 0 Å². The zero-order chi connectivity index (χ0) is 15.6. The molecule has 0 radical (unpaired) electrons. The second-order valence-corrected chi connectivity index (χ2v) is 5.04. The minimum Gasteiger partial charge on any atom is -0.357 e. The van der Waals surface area contributed by atoms with Crippen molar-refractivity contribution in [1.29, 1.82) is 0 Å². The Bertz CT molecular complexity index is 605. The van der Waals surface area contributed by atoms with Crippen molar-refractivity contribution in [2.24, 2.45) is 0 Å². The molecular formula is C13H14ClN3O4.